The van der Waals surface area contributed by atoms with E-state index >= 15 is 0 Å². The molecule has 0 saturated heterocycles. The fourth-order valence-electron chi connectivity index (χ4n) is 3.25. The fourth-order valence-corrected chi connectivity index (χ4v) is 3.51. The molecule has 0 heterocycles. The van der Waals surface area contributed by atoms with E-state index in [1.807, 2.05) is 85.8 Å². The monoisotopic (exact) mass is 484 g/mol. The van der Waals surface area contributed by atoms with Gasteiger partial charge in [-0.25, -0.2) is 0 Å². The molecule has 32 heavy (non-hydrogen) atoms. The molecule has 0 radical (unpaired) electrons. The molecule has 0 aliphatic carbocycles. The summed E-state index contributed by atoms with van der Waals surface area (Å²) in [6, 6.07) is 28.3. The maximum atomic E-state index is 13.1. The van der Waals surface area contributed by atoms with Gasteiger partial charge in [0.15, 0.2) is 0 Å². The highest BCUT2D eigenvalue weighted by atomic mass is 79.9. The van der Waals surface area contributed by atoms with Gasteiger partial charge in [-0.2, -0.15) is 0 Å². The first-order chi connectivity index (χ1) is 15.5. The Kier molecular flexibility index (Phi) is 6.47. The van der Waals surface area contributed by atoms with Gasteiger partial charge in [0.05, 0.1) is 0 Å². The van der Waals surface area contributed by atoms with E-state index in [0.29, 0.717) is 11.3 Å². The first-order valence-corrected chi connectivity index (χ1v) is 10.9. The molecule has 158 valence electrons. The zero-order valence-electron chi connectivity index (χ0n) is 17.4. The molecular formula is C27H21BrN2O2. The SMILES string of the molecule is Cc1ccc(C(=O)NC(=Cc2ccc(Br)cc2)C(=O)Nc2ccc3ccccc3c2)cc1. The van der Waals surface area contributed by atoms with Crippen LogP contribution in [0.15, 0.2) is 101 Å². The van der Waals surface area contributed by atoms with Crippen LogP contribution in [0, 0.1) is 6.92 Å². The number of nitrogens with one attached hydrogen (secondary N) is 2. The van der Waals surface area contributed by atoms with Gasteiger partial charge in [0.1, 0.15) is 5.70 Å². The Morgan fingerprint density at radius 2 is 1.50 bits per heavy atom. The molecule has 0 atom stereocenters. The van der Waals surface area contributed by atoms with E-state index < -0.39 is 5.91 Å². The molecule has 4 aromatic carbocycles. The maximum Gasteiger partial charge on any atom is 0.272 e. The molecule has 0 aromatic heterocycles. The molecule has 0 spiro atoms. The van der Waals surface area contributed by atoms with Gasteiger partial charge in [0.25, 0.3) is 11.8 Å². The van der Waals surface area contributed by atoms with Gasteiger partial charge in [0, 0.05) is 15.7 Å². The summed E-state index contributed by atoms with van der Waals surface area (Å²) < 4.78 is 0.931. The molecule has 5 heteroatoms. The summed E-state index contributed by atoms with van der Waals surface area (Å²) in [4.78, 5) is 25.9. The molecule has 0 aliphatic heterocycles. The largest absolute Gasteiger partial charge is 0.321 e. The zero-order valence-corrected chi connectivity index (χ0v) is 19.0. The average molecular weight is 485 g/mol. The van der Waals surface area contributed by atoms with Crippen LogP contribution in [0.4, 0.5) is 5.69 Å². The number of hydrogen-bond acceptors (Lipinski definition) is 2. The Hall–Kier alpha value is -3.70. The van der Waals surface area contributed by atoms with E-state index in [1.165, 1.54) is 0 Å². The van der Waals surface area contributed by atoms with Crippen LogP contribution >= 0.6 is 15.9 Å². The van der Waals surface area contributed by atoms with Crippen LogP contribution in [-0.2, 0) is 4.79 Å². The van der Waals surface area contributed by atoms with Crippen molar-refractivity contribution in [1.82, 2.24) is 5.32 Å². The van der Waals surface area contributed by atoms with Crippen LogP contribution in [0.1, 0.15) is 21.5 Å². The van der Waals surface area contributed by atoms with Gasteiger partial charge in [-0.15, -0.1) is 0 Å². The van der Waals surface area contributed by atoms with E-state index in [1.54, 1.807) is 18.2 Å². The Balaban J connectivity index is 1.62. The number of halogens is 1. The second-order valence-corrected chi connectivity index (χ2v) is 8.36. The second kappa shape index (κ2) is 9.62. The number of hydrogen-bond donors (Lipinski definition) is 2. The van der Waals surface area contributed by atoms with Crippen molar-refractivity contribution in [1.29, 1.82) is 0 Å². The van der Waals surface area contributed by atoms with Crippen LogP contribution in [0.3, 0.4) is 0 Å². The van der Waals surface area contributed by atoms with Crippen molar-refractivity contribution < 1.29 is 9.59 Å². The molecular weight excluding hydrogens is 464 g/mol. The minimum Gasteiger partial charge on any atom is -0.321 e. The van der Waals surface area contributed by atoms with Gasteiger partial charge in [-0.05, 0) is 65.7 Å². The number of anilines is 1. The Labute approximate surface area is 195 Å². The summed E-state index contributed by atoms with van der Waals surface area (Å²) >= 11 is 3.41. The lowest BCUT2D eigenvalue weighted by molar-refractivity contribution is -0.113. The summed E-state index contributed by atoms with van der Waals surface area (Å²) in [5.74, 6) is -0.745. The second-order valence-electron chi connectivity index (χ2n) is 7.45. The highest BCUT2D eigenvalue weighted by molar-refractivity contribution is 9.10. The van der Waals surface area contributed by atoms with Crippen LogP contribution < -0.4 is 10.6 Å². The van der Waals surface area contributed by atoms with Crippen molar-refractivity contribution in [2.75, 3.05) is 5.32 Å². The number of benzene rings is 4. The Morgan fingerprint density at radius 3 is 2.22 bits per heavy atom. The smallest absolute Gasteiger partial charge is 0.272 e. The minimum absolute atomic E-state index is 0.158. The molecule has 0 aliphatic rings. The van der Waals surface area contributed by atoms with E-state index in [9.17, 15) is 9.59 Å². The lowest BCUT2D eigenvalue weighted by Crippen LogP contribution is -2.30. The van der Waals surface area contributed by atoms with Gasteiger partial charge in [0.2, 0.25) is 0 Å². The first-order valence-electron chi connectivity index (χ1n) is 10.1. The molecule has 4 aromatic rings. The van der Waals surface area contributed by atoms with Crippen molar-refractivity contribution in [3.63, 3.8) is 0 Å². The summed E-state index contributed by atoms with van der Waals surface area (Å²) in [5.41, 5.74) is 3.14. The number of aryl methyl sites for hydroxylation is 1. The van der Waals surface area contributed by atoms with Gasteiger partial charge in [-0.3, -0.25) is 9.59 Å². The Morgan fingerprint density at radius 1 is 0.812 bits per heavy atom. The number of carbonyl (C=O) groups excluding carboxylic acids is 2. The van der Waals surface area contributed by atoms with E-state index in [-0.39, 0.29) is 11.6 Å². The number of rotatable bonds is 5. The van der Waals surface area contributed by atoms with Crippen LogP contribution in [0.25, 0.3) is 16.8 Å². The number of amides is 2. The van der Waals surface area contributed by atoms with Gasteiger partial charge < -0.3 is 10.6 Å². The van der Waals surface area contributed by atoms with Crippen molar-refractivity contribution >= 4 is 50.3 Å². The van der Waals surface area contributed by atoms with Crippen LogP contribution in [0.2, 0.25) is 0 Å². The lowest BCUT2D eigenvalue weighted by Gasteiger charge is -2.12. The van der Waals surface area contributed by atoms with Crippen molar-refractivity contribution in [3.8, 4) is 0 Å². The quantitative estimate of drug-likeness (QED) is 0.325. The number of fused-ring (bicyclic) bond motifs is 1. The highest BCUT2D eigenvalue weighted by Gasteiger charge is 2.15. The normalized spacial score (nSPS) is 11.2. The van der Waals surface area contributed by atoms with Crippen LogP contribution in [0.5, 0.6) is 0 Å². The summed E-state index contributed by atoms with van der Waals surface area (Å²) in [5, 5.41) is 7.78. The third-order valence-corrected chi connectivity index (χ3v) is 5.52. The van der Waals surface area contributed by atoms with Crippen molar-refractivity contribution in [2.24, 2.45) is 0 Å². The molecule has 0 bridgehead atoms. The Bertz CT molecular complexity index is 1310. The standard InChI is InChI=1S/C27H21BrN2O2/c1-18-6-10-21(11-7-18)26(31)30-25(16-19-8-13-23(28)14-9-19)27(32)29-24-15-12-20-4-2-3-5-22(20)17-24/h2-17H,1H3,(H,29,32)(H,30,31). The predicted octanol–water partition coefficient (Wildman–Crippen LogP) is 6.32. The molecule has 0 fully saturated rings. The molecule has 4 rings (SSSR count). The molecule has 4 nitrogen and oxygen atoms in total. The molecule has 2 amide bonds. The first kappa shape index (κ1) is 21.5. The van der Waals surface area contributed by atoms with Crippen molar-refractivity contribution in [2.45, 2.75) is 6.92 Å². The van der Waals surface area contributed by atoms with E-state index in [0.717, 1.165) is 26.4 Å². The van der Waals surface area contributed by atoms with E-state index in [2.05, 4.69) is 26.6 Å². The molecule has 0 unspecified atom stereocenters. The third kappa shape index (κ3) is 5.31. The van der Waals surface area contributed by atoms with Gasteiger partial charge >= 0.3 is 0 Å². The summed E-state index contributed by atoms with van der Waals surface area (Å²) in [6.07, 6.45) is 1.66. The third-order valence-electron chi connectivity index (χ3n) is 4.99. The van der Waals surface area contributed by atoms with E-state index in [4.69, 9.17) is 0 Å². The van der Waals surface area contributed by atoms with Crippen molar-refractivity contribution in [3.05, 3.63) is 118 Å². The zero-order chi connectivity index (χ0) is 22.5. The van der Waals surface area contributed by atoms with Gasteiger partial charge in [-0.1, -0.05) is 76.1 Å². The predicted molar refractivity (Wildman–Crippen MR) is 133 cm³/mol. The van der Waals surface area contributed by atoms with Crippen LogP contribution in [-0.4, -0.2) is 11.8 Å². The summed E-state index contributed by atoms with van der Waals surface area (Å²) in [6.45, 7) is 1.96. The fraction of sp³-hybridized carbons (Fsp3) is 0.0370. The molecule has 2 N–H and O–H groups in total. The maximum absolute atomic E-state index is 13.1. The highest BCUT2D eigenvalue weighted by Crippen LogP contribution is 2.20. The minimum atomic E-state index is -0.399. The topological polar surface area (TPSA) is 58.2 Å². The summed E-state index contributed by atoms with van der Waals surface area (Å²) in [7, 11) is 0. The average Bonchev–Trinajstić information content (AvgIpc) is 2.80. The lowest BCUT2D eigenvalue weighted by atomic mass is 10.1. The molecule has 0 saturated carbocycles. The number of carbonyl (C=O) groups is 2.